The van der Waals surface area contributed by atoms with E-state index in [1.807, 2.05) is 54.7 Å². The van der Waals surface area contributed by atoms with Gasteiger partial charge in [-0.05, 0) is 96.3 Å². The quantitative estimate of drug-likeness (QED) is 0.0207. The zero-order chi connectivity index (χ0) is 42.3. The van der Waals surface area contributed by atoms with Gasteiger partial charge in [0.2, 0.25) is 0 Å². The van der Waals surface area contributed by atoms with Crippen LogP contribution in [0.5, 0.6) is 0 Å². The van der Waals surface area contributed by atoms with E-state index in [0.29, 0.717) is 19.3 Å². The van der Waals surface area contributed by atoms with Gasteiger partial charge < -0.3 is 14.2 Å². The van der Waals surface area contributed by atoms with Crippen molar-refractivity contribution in [1.82, 2.24) is 0 Å². The van der Waals surface area contributed by atoms with Gasteiger partial charge in [0.1, 0.15) is 13.2 Å². The van der Waals surface area contributed by atoms with Crippen LogP contribution < -0.4 is 0 Å². The molecule has 6 nitrogen and oxygen atoms in total. The second kappa shape index (κ2) is 45.0. The molecule has 0 aliphatic carbocycles. The van der Waals surface area contributed by atoms with Gasteiger partial charge in [0.25, 0.3) is 0 Å². The van der Waals surface area contributed by atoms with Crippen molar-refractivity contribution in [2.45, 2.75) is 149 Å². The summed E-state index contributed by atoms with van der Waals surface area (Å²) in [6, 6.07) is 0. The van der Waals surface area contributed by atoms with E-state index in [4.69, 9.17) is 14.2 Å². The number of allylic oxidation sites excluding steroid dienone is 24. The standard InChI is InChI=1S/C52H76O6/c1-4-7-10-13-16-19-22-24-25-26-28-30-33-36-39-42-45-51(54)57-48-49(47-56-50(53)44-41-38-35-32-29-21-18-15-12-9-6-3)58-52(55)46-43-40-37-34-31-27-23-20-17-14-11-8-5-2/h7-12,14,16-21,23-25,27-28,30-32,34-35,37,49H,4-6,13,15,22,26,29,33,36,38-48H2,1-3H3/b10-7-,11-8-,12-9-,17-14-,19-16-,21-18-,23-20-,25-24-,30-28-,31-27-,35-32-,37-34-. The van der Waals surface area contributed by atoms with Gasteiger partial charge >= 0.3 is 17.9 Å². The lowest BCUT2D eigenvalue weighted by atomic mass is 10.1. The first-order valence-electron chi connectivity index (χ1n) is 21.9. The van der Waals surface area contributed by atoms with Crippen molar-refractivity contribution >= 4 is 17.9 Å². The summed E-state index contributed by atoms with van der Waals surface area (Å²) in [4.78, 5) is 37.7. The van der Waals surface area contributed by atoms with E-state index in [1.54, 1.807) is 0 Å². The molecule has 0 saturated heterocycles. The van der Waals surface area contributed by atoms with Crippen LogP contribution in [0, 0.1) is 0 Å². The number of hydrogen-bond donors (Lipinski definition) is 0. The molecule has 0 amide bonds. The van der Waals surface area contributed by atoms with Gasteiger partial charge in [0.05, 0.1) is 0 Å². The van der Waals surface area contributed by atoms with Crippen molar-refractivity contribution in [1.29, 1.82) is 0 Å². The van der Waals surface area contributed by atoms with Crippen molar-refractivity contribution in [3.63, 3.8) is 0 Å². The molecule has 0 spiro atoms. The van der Waals surface area contributed by atoms with E-state index >= 15 is 0 Å². The van der Waals surface area contributed by atoms with Crippen LogP contribution in [0.4, 0.5) is 0 Å². The minimum absolute atomic E-state index is 0.146. The number of hydrogen-bond acceptors (Lipinski definition) is 6. The predicted molar refractivity (Wildman–Crippen MR) is 246 cm³/mol. The van der Waals surface area contributed by atoms with Gasteiger partial charge in [-0.15, -0.1) is 0 Å². The third kappa shape index (κ3) is 42.4. The van der Waals surface area contributed by atoms with Crippen molar-refractivity contribution in [2.75, 3.05) is 13.2 Å². The average molecular weight is 797 g/mol. The Balaban J connectivity index is 4.65. The summed E-state index contributed by atoms with van der Waals surface area (Å²) in [5.74, 6) is -1.13. The molecule has 0 rings (SSSR count). The molecule has 0 bridgehead atoms. The Morgan fingerprint density at radius 2 is 0.724 bits per heavy atom. The van der Waals surface area contributed by atoms with Gasteiger partial charge in [0.15, 0.2) is 6.10 Å². The lowest BCUT2D eigenvalue weighted by Gasteiger charge is -2.18. The molecule has 0 aromatic rings. The SMILES string of the molecule is CC\C=C/C=C\C=C/C=C\C=C/CCCC(=O)OC(COC(=O)CCC/C=C\C/C=C\C/C=C\CC)COC(=O)CCCCC/C=C\C/C=C\C/C=C\C/C=C\CC. The second-order valence-corrected chi connectivity index (χ2v) is 13.6. The number of carbonyl (C=O) groups is 3. The molecule has 6 heteroatoms. The molecule has 58 heavy (non-hydrogen) atoms. The van der Waals surface area contributed by atoms with Gasteiger partial charge in [-0.3, -0.25) is 14.4 Å². The maximum absolute atomic E-state index is 12.7. The Hall–Kier alpha value is -4.71. The minimum atomic E-state index is -0.853. The maximum Gasteiger partial charge on any atom is 0.306 e. The number of rotatable bonds is 36. The molecule has 0 aromatic heterocycles. The van der Waals surface area contributed by atoms with E-state index < -0.39 is 12.1 Å². The van der Waals surface area contributed by atoms with Crippen LogP contribution >= 0.6 is 0 Å². The highest BCUT2D eigenvalue weighted by atomic mass is 16.6. The summed E-state index contributed by atoms with van der Waals surface area (Å²) in [5.41, 5.74) is 0. The molecule has 0 saturated carbocycles. The number of carbonyl (C=O) groups excluding carboxylic acids is 3. The third-order valence-corrected chi connectivity index (χ3v) is 8.20. The average Bonchev–Trinajstić information content (AvgIpc) is 3.22. The summed E-state index contributed by atoms with van der Waals surface area (Å²) in [6.45, 7) is 6.07. The van der Waals surface area contributed by atoms with Crippen LogP contribution in [0.1, 0.15) is 143 Å². The molecule has 0 aromatic carbocycles. The predicted octanol–water partition coefficient (Wildman–Crippen LogP) is 14.1. The smallest absolute Gasteiger partial charge is 0.306 e. The summed E-state index contributed by atoms with van der Waals surface area (Å²) in [5, 5.41) is 0. The first kappa shape index (κ1) is 53.3. The summed E-state index contributed by atoms with van der Waals surface area (Å²) >= 11 is 0. The minimum Gasteiger partial charge on any atom is -0.462 e. The lowest BCUT2D eigenvalue weighted by Crippen LogP contribution is -2.30. The summed E-state index contributed by atoms with van der Waals surface area (Å²) in [7, 11) is 0. The molecular formula is C52H76O6. The molecule has 0 fully saturated rings. The summed E-state index contributed by atoms with van der Waals surface area (Å²) in [6.07, 6.45) is 64.2. The van der Waals surface area contributed by atoms with E-state index in [1.165, 1.54) is 0 Å². The Labute approximate surface area is 353 Å². The van der Waals surface area contributed by atoms with Crippen LogP contribution in [0.3, 0.4) is 0 Å². The molecule has 0 aliphatic heterocycles. The van der Waals surface area contributed by atoms with Crippen molar-refractivity contribution < 1.29 is 28.6 Å². The van der Waals surface area contributed by atoms with Gasteiger partial charge in [-0.25, -0.2) is 0 Å². The molecule has 0 aliphatic rings. The van der Waals surface area contributed by atoms with Crippen LogP contribution in [-0.4, -0.2) is 37.2 Å². The van der Waals surface area contributed by atoms with Crippen molar-refractivity contribution in [2.24, 2.45) is 0 Å². The van der Waals surface area contributed by atoms with E-state index in [2.05, 4.69) is 112 Å². The van der Waals surface area contributed by atoms with Gasteiger partial charge in [-0.1, -0.05) is 173 Å². The fourth-order valence-corrected chi connectivity index (χ4v) is 5.01. The van der Waals surface area contributed by atoms with E-state index in [0.717, 1.165) is 83.5 Å². The molecular weight excluding hydrogens is 721 g/mol. The Morgan fingerprint density at radius 1 is 0.362 bits per heavy atom. The summed E-state index contributed by atoms with van der Waals surface area (Å²) < 4.78 is 16.5. The molecule has 0 N–H and O–H groups in total. The van der Waals surface area contributed by atoms with Crippen molar-refractivity contribution in [3.05, 3.63) is 146 Å². The first-order valence-corrected chi connectivity index (χ1v) is 21.9. The Kier molecular flexibility index (Phi) is 41.3. The number of ether oxygens (including phenoxy) is 3. The van der Waals surface area contributed by atoms with Crippen LogP contribution in [0.25, 0.3) is 0 Å². The third-order valence-electron chi connectivity index (χ3n) is 8.20. The monoisotopic (exact) mass is 797 g/mol. The highest BCUT2D eigenvalue weighted by Gasteiger charge is 2.19. The highest BCUT2D eigenvalue weighted by molar-refractivity contribution is 5.71. The lowest BCUT2D eigenvalue weighted by molar-refractivity contribution is -0.167. The van der Waals surface area contributed by atoms with Gasteiger partial charge in [0, 0.05) is 19.3 Å². The first-order chi connectivity index (χ1) is 28.5. The largest absolute Gasteiger partial charge is 0.462 e. The number of esters is 3. The zero-order valence-electron chi connectivity index (χ0n) is 36.2. The zero-order valence-corrected chi connectivity index (χ0v) is 36.2. The molecule has 320 valence electrons. The van der Waals surface area contributed by atoms with Crippen molar-refractivity contribution in [3.8, 4) is 0 Å². The Bertz CT molecular complexity index is 1380. The fourth-order valence-electron chi connectivity index (χ4n) is 5.01. The highest BCUT2D eigenvalue weighted by Crippen LogP contribution is 2.09. The fraction of sp³-hybridized carbons (Fsp3) is 0.481. The van der Waals surface area contributed by atoms with Crippen LogP contribution in [0.2, 0.25) is 0 Å². The topological polar surface area (TPSA) is 78.9 Å². The normalized spacial score (nSPS) is 13.5. The van der Waals surface area contributed by atoms with Gasteiger partial charge in [-0.2, -0.15) is 0 Å². The maximum atomic E-state index is 12.7. The molecule has 0 heterocycles. The second-order valence-electron chi connectivity index (χ2n) is 13.6. The van der Waals surface area contributed by atoms with E-state index in [9.17, 15) is 14.4 Å². The molecule has 1 atom stereocenters. The number of unbranched alkanes of at least 4 members (excludes halogenated alkanes) is 5. The molecule has 1 unspecified atom stereocenters. The molecule has 0 radical (unpaired) electrons. The Morgan fingerprint density at radius 3 is 1.21 bits per heavy atom. The van der Waals surface area contributed by atoms with Crippen LogP contribution in [0.15, 0.2) is 146 Å². The van der Waals surface area contributed by atoms with E-state index in [-0.39, 0.29) is 44.4 Å². The van der Waals surface area contributed by atoms with Crippen LogP contribution in [-0.2, 0) is 28.6 Å².